The third-order valence-corrected chi connectivity index (χ3v) is 4.79. The lowest BCUT2D eigenvalue weighted by Gasteiger charge is -2.40. The van der Waals surface area contributed by atoms with Crippen molar-refractivity contribution in [2.45, 2.75) is 25.6 Å². The topological polar surface area (TPSA) is 67.7 Å². The van der Waals surface area contributed by atoms with E-state index in [9.17, 15) is 9.59 Å². The predicted molar refractivity (Wildman–Crippen MR) is 96.1 cm³/mol. The van der Waals surface area contributed by atoms with Gasteiger partial charge in [0.05, 0.1) is 12.2 Å². The molecule has 0 bridgehead atoms. The maximum absolute atomic E-state index is 13.1. The number of rotatable bonds is 4. The first-order valence-electron chi connectivity index (χ1n) is 8.53. The highest BCUT2D eigenvalue weighted by Crippen LogP contribution is 2.32. The predicted octanol–water partition coefficient (Wildman–Crippen LogP) is 1.29. The molecule has 0 aliphatic carbocycles. The number of nitrogens with zero attached hydrogens (tertiary/aromatic N) is 4. The lowest BCUT2D eigenvalue weighted by molar-refractivity contribution is -0.167. The number of aryl methyl sites for hydroxylation is 2. The number of ether oxygens (including phenoxy) is 1. The average Bonchev–Trinajstić information content (AvgIpc) is 3.02. The van der Waals surface area contributed by atoms with E-state index >= 15 is 0 Å². The van der Waals surface area contributed by atoms with Crippen molar-refractivity contribution in [2.75, 3.05) is 20.7 Å². The summed E-state index contributed by atoms with van der Waals surface area (Å²) in [4.78, 5) is 28.5. The van der Waals surface area contributed by atoms with E-state index in [1.807, 2.05) is 44.4 Å². The number of morpholine rings is 1. The Morgan fingerprint density at radius 1 is 1.35 bits per heavy atom. The quantitative estimate of drug-likeness (QED) is 0.828. The molecule has 1 aliphatic rings. The fraction of sp³-hybridized carbons (Fsp3) is 0.421. The molecule has 1 saturated heterocycles. The summed E-state index contributed by atoms with van der Waals surface area (Å²) >= 11 is 0. The number of carbonyl (C=O) groups is 2. The molecule has 0 spiro atoms. The molecule has 2 amide bonds. The number of aromatic nitrogens is 2. The van der Waals surface area contributed by atoms with E-state index < -0.39 is 12.1 Å². The summed E-state index contributed by atoms with van der Waals surface area (Å²) in [6.07, 6.45) is 2.88. The summed E-state index contributed by atoms with van der Waals surface area (Å²) in [5, 5.41) is 4.13. The van der Waals surface area contributed by atoms with Gasteiger partial charge in [0, 0.05) is 39.4 Å². The Morgan fingerprint density at radius 3 is 2.73 bits per heavy atom. The SMILES string of the molecule is Cc1ccccc1[C@@H]1[C@@H](C(=O)N(C)Cc2cnn(C)c2)OCC(=O)N1C. The fourth-order valence-corrected chi connectivity index (χ4v) is 3.33. The van der Waals surface area contributed by atoms with E-state index in [1.165, 1.54) is 0 Å². The Labute approximate surface area is 153 Å². The minimum Gasteiger partial charge on any atom is -0.356 e. The Hall–Kier alpha value is -2.67. The second-order valence-electron chi connectivity index (χ2n) is 6.75. The highest BCUT2D eigenvalue weighted by atomic mass is 16.5. The molecule has 26 heavy (non-hydrogen) atoms. The number of benzene rings is 1. The van der Waals surface area contributed by atoms with E-state index in [0.29, 0.717) is 6.54 Å². The van der Waals surface area contributed by atoms with Crippen LogP contribution in [0.15, 0.2) is 36.7 Å². The van der Waals surface area contributed by atoms with Crippen molar-refractivity contribution in [3.63, 3.8) is 0 Å². The van der Waals surface area contributed by atoms with E-state index in [0.717, 1.165) is 16.7 Å². The molecule has 0 radical (unpaired) electrons. The Morgan fingerprint density at radius 2 is 2.08 bits per heavy atom. The van der Waals surface area contributed by atoms with Crippen LogP contribution in [0.2, 0.25) is 0 Å². The molecule has 7 heteroatoms. The number of hydrogen-bond donors (Lipinski definition) is 0. The number of amides is 2. The van der Waals surface area contributed by atoms with Crippen LogP contribution in [-0.2, 0) is 27.9 Å². The van der Waals surface area contributed by atoms with Gasteiger partial charge in [-0.3, -0.25) is 14.3 Å². The second kappa shape index (κ2) is 7.29. The zero-order valence-electron chi connectivity index (χ0n) is 15.5. The molecule has 1 aliphatic heterocycles. The Bertz CT molecular complexity index is 817. The van der Waals surface area contributed by atoms with Crippen molar-refractivity contribution >= 4 is 11.8 Å². The van der Waals surface area contributed by atoms with Crippen molar-refractivity contribution in [3.05, 3.63) is 53.3 Å². The molecule has 138 valence electrons. The number of likely N-dealkylation sites (N-methyl/N-ethyl adjacent to an activating group) is 2. The van der Waals surface area contributed by atoms with Crippen molar-refractivity contribution in [1.29, 1.82) is 0 Å². The summed E-state index contributed by atoms with van der Waals surface area (Å²) < 4.78 is 7.41. The first-order chi connectivity index (χ1) is 12.4. The van der Waals surface area contributed by atoms with E-state index in [1.54, 1.807) is 34.8 Å². The van der Waals surface area contributed by atoms with Gasteiger partial charge in [-0.25, -0.2) is 0 Å². The van der Waals surface area contributed by atoms with Gasteiger partial charge >= 0.3 is 0 Å². The average molecular weight is 356 g/mol. The van der Waals surface area contributed by atoms with Gasteiger partial charge in [0.2, 0.25) is 5.91 Å². The van der Waals surface area contributed by atoms with Crippen LogP contribution >= 0.6 is 0 Å². The minimum atomic E-state index is -0.736. The van der Waals surface area contributed by atoms with Gasteiger partial charge in [0.15, 0.2) is 6.10 Å². The van der Waals surface area contributed by atoms with Gasteiger partial charge in [-0.1, -0.05) is 24.3 Å². The Kier molecular flexibility index (Phi) is 5.08. The zero-order valence-corrected chi connectivity index (χ0v) is 15.5. The van der Waals surface area contributed by atoms with Crippen molar-refractivity contribution in [1.82, 2.24) is 19.6 Å². The summed E-state index contributed by atoms with van der Waals surface area (Å²) in [7, 11) is 5.30. The van der Waals surface area contributed by atoms with Crippen LogP contribution in [0.25, 0.3) is 0 Å². The summed E-state index contributed by atoms with van der Waals surface area (Å²) in [6, 6.07) is 7.33. The second-order valence-corrected chi connectivity index (χ2v) is 6.75. The van der Waals surface area contributed by atoms with E-state index in [2.05, 4.69) is 5.10 Å². The van der Waals surface area contributed by atoms with Crippen LogP contribution in [0.1, 0.15) is 22.7 Å². The molecule has 2 aromatic rings. The van der Waals surface area contributed by atoms with Crippen LogP contribution in [0.3, 0.4) is 0 Å². The highest BCUT2D eigenvalue weighted by Gasteiger charge is 2.41. The molecule has 7 nitrogen and oxygen atoms in total. The first-order valence-corrected chi connectivity index (χ1v) is 8.53. The molecule has 2 heterocycles. The van der Waals surface area contributed by atoms with Crippen LogP contribution in [-0.4, -0.2) is 58.2 Å². The summed E-state index contributed by atoms with van der Waals surface area (Å²) in [6.45, 7) is 2.32. The molecule has 1 aromatic carbocycles. The number of hydrogen-bond acceptors (Lipinski definition) is 4. The molecule has 0 saturated carbocycles. The van der Waals surface area contributed by atoms with Crippen molar-refractivity contribution in [2.24, 2.45) is 7.05 Å². The van der Waals surface area contributed by atoms with Gasteiger partial charge in [-0.15, -0.1) is 0 Å². The largest absolute Gasteiger partial charge is 0.356 e. The first kappa shape index (κ1) is 18.1. The maximum Gasteiger partial charge on any atom is 0.254 e. The van der Waals surface area contributed by atoms with Gasteiger partial charge in [0.25, 0.3) is 5.91 Å². The minimum absolute atomic E-state index is 0.0873. The highest BCUT2D eigenvalue weighted by molar-refractivity contribution is 5.86. The molecule has 1 fully saturated rings. The standard InChI is InChI=1S/C19H24N4O3/c1-13-7-5-6-8-15(13)17-18(26-12-16(24)23(17)4)19(25)21(2)10-14-9-20-22(3)11-14/h5-9,11,17-18H,10,12H2,1-4H3/t17-,18+/m1/s1. The maximum atomic E-state index is 13.1. The molecular formula is C19H24N4O3. The molecule has 0 N–H and O–H groups in total. The molecule has 2 atom stereocenters. The molecule has 1 aromatic heterocycles. The Balaban J connectivity index is 1.86. The van der Waals surface area contributed by atoms with Gasteiger partial charge < -0.3 is 14.5 Å². The van der Waals surface area contributed by atoms with Gasteiger partial charge in [-0.2, -0.15) is 5.10 Å². The van der Waals surface area contributed by atoms with Gasteiger partial charge in [-0.05, 0) is 18.1 Å². The van der Waals surface area contributed by atoms with E-state index in [-0.39, 0.29) is 18.4 Å². The van der Waals surface area contributed by atoms with E-state index in [4.69, 9.17) is 4.74 Å². The number of carbonyl (C=O) groups excluding carboxylic acids is 2. The lowest BCUT2D eigenvalue weighted by Crippen LogP contribution is -2.53. The third-order valence-electron chi connectivity index (χ3n) is 4.79. The monoisotopic (exact) mass is 356 g/mol. The van der Waals surface area contributed by atoms with Crippen LogP contribution in [0.5, 0.6) is 0 Å². The van der Waals surface area contributed by atoms with Crippen molar-refractivity contribution in [3.8, 4) is 0 Å². The third kappa shape index (κ3) is 3.48. The van der Waals surface area contributed by atoms with Crippen LogP contribution in [0.4, 0.5) is 0 Å². The van der Waals surface area contributed by atoms with Crippen LogP contribution < -0.4 is 0 Å². The smallest absolute Gasteiger partial charge is 0.254 e. The zero-order chi connectivity index (χ0) is 18.8. The van der Waals surface area contributed by atoms with Crippen molar-refractivity contribution < 1.29 is 14.3 Å². The summed E-state index contributed by atoms with van der Waals surface area (Å²) in [5.74, 6) is -0.279. The fourth-order valence-electron chi connectivity index (χ4n) is 3.33. The van der Waals surface area contributed by atoms with Gasteiger partial charge in [0.1, 0.15) is 6.61 Å². The molecule has 0 unspecified atom stereocenters. The molecule has 3 rings (SSSR count). The molecular weight excluding hydrogens is 332 g/mol. The normalized spacial score (nSPS) is 20.3. The summed E-state index contributed by atoms with van der Waals surface area (Å²) in [5.41, 5.74) is 2.89. The lowest BCUT2D eigenvalue weighted by atomic mass is 9.93. The van der Waals surface area contributed by atoms with Crippen LogP contribution in [0, 0.1) is 6.92 Å².